The smallest absolute Gasteiger partial charge is 0.258 e. The molecular weight excluding hydrogens is 272 g/mol. The second-order valence-electron chi connectivity index (χ2n) is 3.20. The topological polar surface area (TPSA) is 68.3 Å². The summed E-state index contributed by atoms with van der Waals surface area (Å²) >= 11 is 3.29. The van der Waals surface area contributed by atoms with Crippen molar-refractivity contribution in [3.05, 3.63) is 46.8 Å². The highest BCUT2D eigenvalue weighted by Crippen LogP contribution is 2.23. The molecule has 0 saturated carbocycles. The zero-order valence-electron chi connectivity index (χ0n) is 8.24. The highest BCUT2D eigenvalue weighted by molar-refractivity contribution is 9.10. The van der Waals surface area contributed by atoms with E-state index in [1.54, 1.807) is 24.3 Å². The standard InChI is InChI=1S/C11H9BrN2O2/c12-8-1-2-10(9(13)5-8)14-11(15)7-3-4-16-6-7/h1-6H,13H2,(H,14,15). The van der Waals surface area contributed by atoms with E-state index in [9.17, 15) is 4.79 Å². The molecule has 0 unspecified atom stereocenters. The third-order valence-corrected chi connectivity index (χ3v) is 2.54. The molecule has 1 aromatic heterocycles. The maximum atomic E-state index is 11.7. The zero-order valence-corrected chi connectivity index (χ0v) is 9.82. The summed E-state index contributed by atoms with van der Waals surface area (Å²) in [7, 11) is 0. The van der Waals surface area contributed by atoms with Gasteiger partial charge < -0.3 is 15.5 Å². The number of rotatable bonds is 2. The number of halogens is 1. The van der Waals surface area contributed by atoms with E-state index < -0.39 is 0 Å². The van der Waals surface area contributed by atoms with Crippen molar-refractivity contribution in [3.63, 3.8) is 0 Å². The lowest BCUT2D eigenvalue weighted by atomic mass is 10.2. The number of nitrogens with one attached hydrogen (secondary N) is 1. The van der Waals surface area contributed by atoms with E-state index >= 15 is 0 Å². The Bertz CT molecular complexity index is 509. The fourth-order valence-corrected chi connectivity index (χ4v) is 1.61. The summed E-state index contributed by atoms with van der Waals surface area (Å²) in [5.74, 6) is -0.247. The van der Waals surface area contributed by atoms with Gasteiger partial charge in [-0.2, -0.15) is 0 Å². The van der Waals surface area contributed by atoms with E-state index in [4.69, 9.17) is 10.2 Å². The third-order valence-electron chi connectivity index (χ3n) is 2.05. The first-order valence-corrected chi connectivity index (χ1v) is 5.34. The number of amides is 1. The molecular formula is C11H9BrN2O2. The Balaban J connectivity index is 2.18. The van der Waals surface area contributed by atoms with Crippen molar-refractivity contribution in [1.29, 1.82) is 0 Å². The van der Waals surface area contributed by atoms with Crippen LogP contribution in [0.1, 0.15) is 10.4 Å². The van der Waals surface area contributed by atoms with Crippen LogP contribution in [0, 0.1) is 0 Å². The van der Waals surface area contributed by atoms with Crippen LogP contribution < -0.4 is 11.1 Å². The monoisotopic (exact) mass is 280 g/mol. The minimum atomic E-state index is -0.247. The van der Waals surface area contributed by atoms with Gasteiger partial charge in [0.2, 0.25) is 0 Å². The highest BCUT2D eigenvalue weighted by Gasteiger charge is 2.08. The number of anilines is 2. The maximum Gasteiger partial charge on any atom is 0.258 e. The molecule has 16 heavy (non-hydrogen) atoms. The van der Waals surface area contributed by atoms with Gasteiger partial charge in [-0.15, -0.1) is 0 Å². The molecule has 4 nitrogen and oxygen atoms in total. The lowest BCUT2D eigenvalue weighted by Crippen LogP contribution is -2.12. The number of hydrogen-bond acceptors (Lipinski definition) is 3. The average Bonchev–Trinajstić information content (AvgIpc) is 2.75. The first kappa shape index (κ1) is 10.8. The predicted octanol–water partition coefficient (Wildman–Crippen LogP) is 2.88. The molecule has 2 rings (SSSR count). The molecule has 3 N–H and O–H groups in total. The highest BCUT2D eigenvalue weighted by atomic mass is 79.9. The van der Waals surface area contributed by atoms with Crippen molar-refractivity contribution >= 4 is 33.2 Å². The van der Waals surface area contributed by atoms with E-state index in [0.717, 1.165) is 4.47 Å². The molecule has 82 valence electrons. The van der Waals surface area contributed by atoms with Crippen molar-refractivity contribution < 1.29 is 9.21 Å². The maximum absolute atomic E-state index is 11.7. The molecule has 2 aromatic rings. The van der Waals surface area contributed by atoms with Gasteiger partial charge in [-0.1, -0.05) is 15.9 Å². The summed E-state index contributed by atoms with van der Waals surface area (Å²) in [4.78, 5) is 11.7. The number of furan rings is 1. The Kier molecular flexibility index (Phi) is 2.96. The number of carbonyl (C=O) groups is 1. The number of hydrogen-bond donors (Lipinski definition) is 2. The van der Waals surface area contributed by atoms with Gasteiger partial charge in [-0.05, 0) is 24.3 Å². The molecule has 0 aliphatic carbocycles. The number of nitrogens with two attached hydrogens (primary N) is 1. The minimum absolute atomic E-state index is 0.247. The van der Waals surface area contributed by atoms with E-state index in [-0.39, 0.29) is 5.91 Å². The summed E-state index contributed by atoms with van der Waals surface area (Å²) in [6.07, 6.45) is 2.82. The summed E-state index contributed by atoms with van der Waals surface area (Å²) in [6.45, 7) is 0. The van der Waals surface area contributed by atoms with Crippen LogP contribution in [0.3, 0.4) is 0 Å². The van der Waals surface area contributed by atoms with Crippen molar-refractivity contribution in [3.8, 4) is 0 Å². The summed E-state index contributed by atoms with van der Waals surface area (Å²) in [6, 6.07) is 6.86. The average molecular weight is 281 g/mol. The molecule has 0 radical (unpaired) electrons. The molecule has 1 heterocycles. The van der Waals surface area contributed by atoms with E-state index in [1.165, 1.54) is 12.5 Å². The second-order valence-corrected chi connectivity index (χ2v) is 4.11. The molecule has 0 atom stereocenters. The lowest BCUT2D eigenvalue weighted by Gasteiger charge is -2.07. The second kappa shape index (κ2) is 4.40. The largest absolute Gasteiger partial charge is 0.472 e. The summed E-state index contributed by atoms with van der Waals surface area (Å²) in [5, 5.41) is 2.70. The SMILES string of the molecule is Nc1cc(Br)ccc1NC(=O)c1ccoc1. The van der Waals surface area contributed by atoms with Crippen molar-refractivity contribution in [1.82, 2.24) is 0 Å². The number of carbonyl (C=O) groups excluding carboxylic acids is 1. The number of nitrogen functional groups attached to an aromatic ring is 1. The van der Waals surface area contributed by atoms with Gasteiger partial charge in [0.15, 0.2) is 0 Å². The Hall–Kier alpha value is -1.75. The van der Waals surface area contributed by atoms with Crippen LogP contribution in [-0.4, -0.2) is 5.91 Å². The Morgan fingerprint density at radius 2 is 2.19 bits per heavy atom. The van der Waals surface area contributed by atoms with Crippen molar-refractivity contribution in [2.75, 3.05) is 11.1 Å². The van der Waals surface area contributed by atoms with Gasteiger partial charge in [-0.25, -0.2) is 0 Å². The molecule has 0 aliphatic heterocycles. The van der Waals surface area contributed by atoms with Crippen LogP contribution in [0.2, 0.25) is 0 Å². The quantitative estimate of drug-likeness (QED) is 0.832. The van der Waals surface area contributed by atoms with Crippen molar-refractivity contribution in [2.24, 2.45) is 0 Å². The van der Waals surface area contributed by atoms with Crippen LogP contribution in [0.4, 0.5) is 11.4 Å². The Morgan fingerprint density at radius 1 is 1.38 bits per heavy atom. The van der Waals surface area contributed by atoms with Gasteiger partial charge in [0.25, 0.3) is 5.91 Å². The zero-order chi connectivity index (χ0) is 11.5. The molecule has 1 amide bonds. The van der Waals surface area contributed by atoms with Crippen LogP contribution in [0.25, 0.3) is 0 Å². The third kappa shape index (κ3) is 2.25. The van der Waals surface area contributed by atoms with Crippen LogP contribution in [-0.2, 0) is 0 Å². The van der Waals surface area contributed by atoms with Gasteiger partial charge in [0.05, 0.1) is 23.2 Å². The Labute approximate surface area is 101 Å². The minimum Gasteiger partial charge on any atom is -0.472 e. The van der Waals surface area contributed by atoms with E-state index in [0.29, 0.717) is 16.9 Å². The molecule has 0 saturated heterocycles. The molecule has 0 fully saturated rings. The molecule has 0 spiro atoms. The molecule has 0 aliphatic rings. The first-order valence-electron chi connectivity index (χ1n) is 4.55. The van der Waals surface area contributed by atoms with Gasteiger partial charge in [0, 0.05) is 4.47 Å². The predicted molar refractivity (Wildman–Crippen MR) is 65.2 cm³/mol. The van der Waals surface area contributed by atoms with Crippen LogP contribution in [0.15, 0.2) is 45.7 Å². The van der Waals surface area contributed by atoms with Gasteiger partial charge >= 0.3 is 0 Å². The first-order chi connectivity index (χ1) is 7.66. The van der Waals surface area contributed by atoms with Crippen LogP contribution >= 0.6 is 15.9 Å². The van der Waals surface area contributed by atoms with E-state index in [2.05, 4.69) is 21.2 Å². The van der Waals surface area contributed by atoms with Gasteiger partial charge in [-0.3, -0.25) is 4.79 Å². The summed E-state index contributed by atoms with van der Waals surface area (Å²) < 4.78 is 5.69. The summed E-state index contributed by atoms with van der Waals surface area (Å²) in [5.41, 5.74) is 7.30. The van der Waals surface area contributed by atoms with Crippen molar-refractivity contribution in [2.45, 2.75) is 0 Å². The lowest BCUT2D eigenvalue weighted by molar-refractivity contribution is 0.102. The molecule has 0 bridgehead atoms. The van der Waals surface area contributed by atoms with Crippen LogP contribution in [0.5, 0.6) is 0 Å². The van der Waals surface area contributed by atoms with Gasteiger partial charge in [0.1, 0.15) is 6.26 Å². The van der Waals surface area contributed by atoms with E-state index in [1.807, 2.05) is 0 Å². The number of benzene rings is 1. The fourth-order valence-electron chi connectivity index (χ4n) is 1.24. The molecule has 1 aromatic carbocycles. The Morgan fingerprint density at radius 3 is 2.81 bits per heavy atom. The fraction of sp³-hybridized carbons (Fsp3) is 0. The normalized spacial score (nSPS) is 10.1. The molecule has 5 heteroatoms.